The van der Waals surface area contributed by atoms with Crippen LogP contribution in [-0.2, 0) is 14.8 Å². The zero-order valence-electron chi connectivity index (χ0n) is 11.5. The highest BCUT2D eigenvalue weighted by Crippen LogP contribution is 2.19. The van der Waals surface area contributed by atoms with Crippen LogP contribution in [0.4, 0.5) is 0 Å². The Bertz CT molecular complexity index is 358. The van der Waals surface area contributed by atoms with Crippen LogP contribution in [0.5, 0.6) is 0 Å². The number of hydrogen-bond donors (Lipinski definition) is 1. The van der Waals surface area contributed by atoms with Gasteiger partial charge in [-0.2, -0.15) is 0 Å². The molecule has 5 nitrogen and oxygen atoms in total. The lowest BCUT2D eigenvalue weighted by Gasteiger charge is -2.33. The first-order valence-corrected chi connectivity index (χ1v) is 8.49. The van der Waals surface area contributed by atoms with E-state index in [1.165, 1.54) is 0 Å². The molecule has 2 rings (SSSR count). The molecular formula is C12H25ClN2O3S. The van der Waals surface area contributed by atoms with Gasteiger partial charge < -0.3 is 10.1 Å². The van der Waals surface area contributed by atoms with Gasteiger partial charge in [-0.1, -0.05) is 0 Å². The molecule has 2 fully saturated rings. The summed E-state index contributed by atoms with van der Waals surface area (Å²) in [6.45, 7) is 1.97. The van der Waals surface area contributed by atoms with Gasteiger partial charge in [0.25, 0.3) is 0 Å². The van der Waals surface area contributed by atoms with Gasteiger partial charge >= 0.3 is 0 Å². The predicted molar refractivity (Wildman–Crippen MR) is 78.3 cm³/mol. The number of piperidine rings is 1. The molecule has 0 aromatic carbocycles. The van der Waals surface area contributed by atoms with Gasteiger partial charge in [0.2, 0.25) is 10.0 Å². The van der Waals surface area contributed by atoms with Crippen LogP contribution in [-0.4, -0.2) is 57.4 Å². The summed E-state index contributed by atoms with van der Waals surface area (Å²) in [6.07, 6.45) is 4.92. The fraction of sp³-hybridized carbons (Fsp3) is 1.00. The molecule has 0 bridgehead atoms. The Hall–Kier alpha value is 0.120. The summed E-state index contributed by atoms with van der Waals surface area (Å²) in [4.78, 5) is 0. The summed E-state index contributed by atoms with van der Waals surface area (Å²) in [5.74, 6) is 0.156. The fourth-order valence-corrected chi connectivity index (χ4v) is 4.47. The lowest BCUT2D eigenvalue weighted by Crippen LogP contribution is -2.49. The van der Waals surface area contributed by atoms with E-state index in [0.717, 1.165) is 32.1 Å². The third kappa shape index (κ3) is 4.86. The van der Waals surface area contributed by atoms with Crippen LogP contribution in [0.1, 0.15) is 32.1 Å². The van der Waals surface area contributed by atoms with E-state index in [0.29, 0.717) is 25.7 Å². The maximum absolute atomic E-state index is 12.3. The van der Waals surface area contributed by atoms with Gasteiger partial charge in [-0.3, -0.25) is 0 Å². The van der Waals surface area contributed by atoms with Crippen molar-refractivity contribution in [1.29, 1.82) is 0 Å². The Morgan fingerprint density at radius 1 is 1.26 bits per heavy atom. The van der Waals surface area contributed by atoms with E-state index < -0.39 is 10.0 Å². The molecule has 0 aromatic rings. The highest BCUT2D eigenvalue weighted by molar-refractivity contribution is 7.89. The SMILES string of the molecule is CNC1CCCN(S(=O)(=O)CC2CCCCO2)C1.Cl. The molecule has 0 radical (unpaired) electrons. The largest absolute Gasteiger partial charge is 0.377 e. The summed E-state index contributed by atoms with van der Waals surface area (Å²) in [7, 11) is -1.26. The Balaban J connectivity index is 0.00000180. The third-order valence-corrected chi connectivity index (χ3v) is 5.77. The minimum absolute atomic E-state index is 0. The molecule has 2 unspecified atom stereocenters. The molecule has 0 spiro atoms. The predicted octanol–water partition coefficient (Wildman–Crippen LogP) is 0.991. The maximum Gasteiger partial charge on any atom is 0.216 e. The summed E-state index contributed by atoms with van der Waals surface area (Å²) < 4.78 is 31.8. The molecule has 0 saturated carbocycles. The fourth-order valence-electron chi connectivity index (χ4n) is 2.71. The van der Waals surface area contributed by atoms with Crippen LogP contribution < -0.4 is 5.32 Å². The number of likely N-dealkylation sites (N-methyl/N-ethyl adjacent to an activating group) is 1. The van der Waals surface area contributed by atoms with Gasteiger partial charge in [0, 0.05) is 25.7 Å². The average molecular weight is 313 g/mol. The molecule has 19 heavy (non-hydrogen) atoms. The minimum Gasteiger partial charge on any atom is -0.377 e. The maximum atomic E-state index is 12.3. The van der Waals surface area contributed by atoms with Crippen molar-refractivity contribution in [3.8, 4) is 0 Å². The molecule has 2 aliphatic rings. The van der Waals surface area contributed by atoms with Gasteiger partial charge in [0.1, 0.15) is 0 Å². The summed E-state index contributed by atoms with van der Waals surface area (Å²) in [5.41, 5.74) is 0. The second-order valence-electron chi connectivity index (χ2n) is 5.25. The van der Waals surface area contributed by atoms with Crippen LogP contribution in [0.3, 0.4) is 0 Å². The lowest BCUT2D eigenvalue weighted by atomic mass is 10.1. The average Bonchev–Trinajstić information content (AvgIpc) is 2.39. The van der Waals surface area contributed by atoms with Crippen molar-refractivity contribution in [1.82, 2.24) is 9.62 Å². The standard InChI is InChI=1S/C12H24N2O3S.ClH/c1-13-11-5-4-7-14(9-11)18(15,16)10-12-6-2-3-8-17-12;/h11-13H,2-10H2,1H3;1H. The van der Waals surface area contributed by atoms with Crippen molar-refractivity contribution in [3.63, 3.8) is 0 Å². The van der Waals surface area contributed by atoms with E-state index in [-0.39, 0.29) is 24.3 Å². The van der Waals surface area contributed by atoms with E-state index in [1.54, 1.807) is 4.31 Å². The van der Waals surface area contributed by atoms with Gasteiger partial charge in [0.05, 0.1) is 11.9 Å². The van der Waals surface area contributed by atoms with E-state index >= 15 is 0 Å². The van der Waals surface area contributed by atoms with Gasteiger partial charge in [-0.15, -0.1) is 12.4 Å². The normalized spacial score (nSPS) is 29.7. The first-order valence-electron chi connectivity index (χ1n) is 6.88. The first-order chi connectivity index (χ1) is 8.62. The zero-order chi connectivity index (χ0) is 13.0. The highest BCUT2D eigenvalue weighted by Gasteiger charge is 2.31. The number of nitrogens with one attached hydrogen (secondary N) is 1. The molecule has 2 heterocycles. The molecule has 0 amide bonds. The van der Waals surface area contributed by atoms with Crippen LogP contribution >= 0.6 is 12.4 Å². The van der Waals surface area contributed by atoms with Crippen molar-refractivity contribution < 1.29 is 13.2 Å². The Morgan fingerprint density at radius 2 is 2.05 bits per heavy atom. The zero-order valence-corrected chi connectivity index (χ0v) is 13.1. The Kier molecular flexibility index (Phi) is 7.04. The van der Waals surface area contributed by atoms with Crippen molar-refractivity contribution in [2.45, 2.75) is 44.2 Å². The molecule has 0 aliphatic carbocycles. The van der Waals surface area contributed by atoms with Gasteiger partial charge in [0.15, 0.2) is 0 Å². The number of rotatable bonds is 4. The second-order valence-corrected chi connectivity index (χ2v) is 7.27. The molecule has 2 atom stereocenters. The summed E-state index contributed by atoms with van der Waals surface area (Å²) in [6, 6.07) is 0.292. The van der Waals surface area contributed by atoms with E-state index in [4.69, 9.17) is 4.74 Å². The number of halogens is 1. The molecular weight excluding hydrogens is 288 g/mol. The summed E-state index contributed by atoms with van der Waals surface area (Å²) in [5, 5.41) is 3.17. The Labute approximate surface area is 122 Å². The quantitative estimate of drug-likeness (QED) is 0.841. The van der Waals surface area contributed by atoms with Crippen LogP contribution in [0.15, 0.2) is 0 Å². The molecule has 1 N–H and O–H groups in total. The van der Waals surface area contributed by atoms with Crippen molar-refractivity contribution >= 4 is 22.4 Å². The number of ether oxygens (including phenoxy) is 1. The topological polar surface area (TPSA) is 58.6 Å². The first kappa shape index (κ1) is 17.2. The molecule has 7 heteroatoms. The molecule has 2 saturated heterocycles. The molecule has 0 aromatic heterocycles. The minimum atomic E-state index is -3.16. The van der Waals surface area contributed by atoms with Crippen LogP contribution in [0, 0.1) is 0 Å². The third-order valence-electron chi connectivity index (χ3n) is 3.86. The highest BCUT2D eigenvalue weighted by atomic mass is 35.5. The monoisotopic (exact) mass is 312 g/mol. The van der Waals surface area contributed by atoms with E-state index in [2.05, 4.69) is 5.32 Å². The van der Waals surface area contributed by atoms with E-state index in [1.807, 2.05) is 7.05 Å². The number of hydrogen-bond acceptors (Lipinski definition) is 4. The molecule has 114 valence electrons. The van der Waals surface area contributed by atoms with Gasteiger partial charge in [-0.05, 0) is 39.2 Å². The van der Waals surface area contributed by atoms with Crippen LogP contribution in [0.25, 0.3) is 0 Å². The van der Waals surface area contributed by atoms with Crippen LogP contribution in [0.2, 0.25) is 0 Å². The summed E-state index contributed by atoms with van der Waals surface area (Å²) >= 11 is 0. The lowest BCUT2D eigenvalue weighted by molar-refractivity contribution is 0.0297. The number of sulfonamides is 1. The second kappa shape index (κ2) is 7.78. The van der Waals surface area contributed by atoms with Gasteiger partial charge in [-0.25, -0.2) is 12.7 Å². The van der Waals surface area contributed by atoms with Crippen molar-refractivity contribution in [3.05, 3.63) is 0 Å². The van der Waals surface area contributed by atoms with Crippen molar-refractivity contribution in [2.24, 2.45) is 0 Å². The number of nitrogens with zero attached hydrogens (tertiary/aromatic N) is 1. The Morgan fingerprint density at radius 3 is 2.68 bits per heavy atom. The van der Waals surface area contributed by atoms with Crippen molar-refractivity contribution in [2.75, 3.05) is 32.5 Å². The molecule has 2 aliphatic heterocycles. The van der Waals surface area contributed by atoms with E-state index in [9.17, 15) is 8.42 Å². The smallest absolute Gasteiger partial charge is 0.216 e.